The number of hydrogen-bond donors (Lipinski definition) is 1. The molecule has 0 saturated heterocycles. The predicted octanol–water partition coefficient (Wildman–Crippen LogP) is 3.88. The number of rotatable bonds is 6. The molecule has 0 aliphatic carbocycles. The molecule has 1 heterocycles. The van der Waals surface area contributed by atoms with E-state index < -0.39 is 6.10 Å². The van der Waals surface area contributed by atoms with Crippen LogP contribution in [0.4, 0.5) is 0 Å². The molecular weight excluding hydrogens is 350 g/mol. The highest BCUT2D eigenvalue weighted by molar-refractivity contribution is 6.32. The number of nitrogens with zero attached hydrogens (tertiary/aromatic N) is 2. The fourth-order valence-electron chi connectivity index (χ4n) is 2.37. The van der Waals surface area contributed by atoms with Crippen LogP contribution >= 0.6 is 11.6 Å². The van der Waals surface area contributed by atoms with Crippen molar-refractivity contribution in [3.63, 3.8) is 0 Å². The van der Waals surface area contributed by atoms with E-state index in [4.69, 9.17) is 16.3 Å². The Kier molecular flexibility index (Phi) is 5.81. The monoisotopic (exact) mass is 367 g/mol. The van der Waals surface area contributed by atoms with Gasteiger partial charge in [-0.25, -0.2) is 9.97 Å². The molecule has 1 N–H and O–H groups in total. The lowest BCUT2D eigenvalue weighted by Gasteiger charge is -2.15. The van der Waals surface area contributed by atoms with Crippen molar-refractivity contribution in [1.82, 2.24) is 15.3 Å². The largest absolute Gasteiger partial charge is 0.479 e. The van der Waals surface area contributed by atoms with E-state index >= 15 is 0 Å². The highest BCUT2D eigenvalue weighted by Gasteiger charge is 2.16. The van der Waals surface area contributed by atoms with Crippen LogP contribution in [0.15, 0.2) is 67.0 Å². The molecular formula is C20H18ClN3O2. The Bertz CT molecular complexity index is 887. The maximum absolute atomic E-state index is 12.3. The summed E-state index contributed by atoms with van der Waals surface area (Å²) in [6, 6.07) is 18.7. The van der Waals surface area contributed by atoms with Gasteiger partial charge in [-0.15, -0.1) is 0 Å². The molecule has 3 rings (SSSR count). The van der Waals surface area contributed by atoms with E-state index in [1.54, 1.807) is 31.2 Å². The average molecular weight is 368 g/mol. The second-order valence-electron chi connectivity index (χ2n) is 5.67. The van der Waals surface area contributed by atoms with Gasteiger partial charge in [-0.1, -0.05) is 54.1 Å². The van der Waals surface area contributed by atoms with Gasteiger partial charge in [0.25, 0.3) is 5.91 Å². The first kappa shape index (κ1) is 17.9. The number of carbonyl (C=O) groups is 1. The summed E-state index contributed by atoms with van der Waals surface area (Å²) < 4.78 is 5.61. The number of hydrogen-bond acceptors (Lipinski definition) is 4. The number of ether oxygens (including phenoxy) is 1. The Morgan fingerprint density at radius 3 is 2.62 bits per heavy atom. The lowest BCUT2D eigenvalue weighted by Crippen LogP contribution is -2.36. The molecule has 1 amide bonds. The topological polar surface area (TPSA) is 64.1 Å². The lowest BCUT2D eigenvalue weighted by molar-refractivity contribution is -0.127. The normalized spacial score (nSPS) is 11.6. The van der Waals surface area contributed by atoms with Crippen LogP contribution in [0.25, 0.3) is 11.3 Å². The minimum absolute atomic E-state index is 0.246. The van der Waals surface area contributed by atoms with Gasteiger partial charge in [0.05, 0.1) is 23.0 Å². The van der Waals surface area contributed by atoms with Crippen LogP contribution in [0, 0.1) is 0 Å². The van der Waals surface area contributed by atoms with Crippen LogP contribution in [-0.2, 0) is 11.3 Å². The summed E-state index contributed by atoms with van der Waals surface area (Å²) in [4.78, 5) is 20.7. The second-order valence-corrected chi connectivity index (χ2v) is 6.08. The smallest absolute Gasteiger partial charge is 0.261 e. The molecule has 0 spiro atoms. The van der Waals surface area contributed by atoms with Crippen LogP contribution in [-0.4, -0.2) is 22.0 Å². The third-order valence-corrected chi connectivity index (χ3v) is 4.06. The second kappa shape index (κ2) is 8.45. The first-order chi connectivity index (χ1) is 12.6. The Balaban J connectivity index is 1.60. The highest BCUT2D eigenvalue weighted by Crippen LogP contribution is 2.24. The van der Waals surface area contributed by atoms with Gasteiger partial charge in [0, 0.05) is 5.56 Å². The Hall–Kier alpha value is -2.92. The van der Waals surface area contributed by atoms with E-state index in [0.717, 1.165) is 17.0 Å². The molecule has 1 aromatic heterocycles. The minimum atomic E-state index is -0.676. The average Bonchev–Trinajstić information content (AvgIpc) is 2.68. The Morgan fingerprint density at radius 2 is 1.85 bits per heavy atom. The number of nitrogens with one attached hydrogen (secondary N) is 1. The molecule has 26 heavy (non-hydrogen) atoms. The van der Waals surface area contributed by atoms with Gasteiger partial charge in [0.2, 0.25) is 0 Å². The molecule has 132 valence electrons. The van der Waals surface area contributed by atoms with Crippen molar-refractivity contribution in [3.8, 4) is 17.0 Å². The van der Waals surface area contributed by atoms with Crippen LogP contribution < -0.4 is 10.1 Å². The van der Waals surface area contributed by atoms with Gasteiger partial charge in [0.1, 0.15) is 12.1 Å². The summed E-state index contributed by atoms with van der Waals surface area (Å²) in [5, 5.41) is 3.29. The zero-order valence-corrected chi connectivity index (χ0v) is 15.0. The first-order valence-electron chi connectivity index (χ1n) is 8.19. The highest BCUT2D eigenvalue weighted by atomic mass is 35.5. The van der Waals surface area contributed by atoms with Crippen molar-refractivity contribution in [2.24, 2.45) is 0 Å². The van der Waals surface area contributed by atoms with E-state index in [2.05, 4.69) is 15.3 Å². The zero-order chi connectivity index (χ0) is 18.4. The SMILES string of the molecule is CC(Oc1ccccc1Cl)C(=O)NCc1cc(-c2ccccc2)ncn1. The molecule has 0 radical (unpaired) electrons. The Labute approximate surface area is 157 Å². The van der Waals surface area contributed by atoms with Gasteiger partial charge in [0.15, 0.2) is 6.10 Å². The third-order valence-electron chi connectivity index (χ3n) is 3.75. The van der Waals surface area contributed by atoms with E-state index in [1.165, 1.54) is 6.33 Å². The number of para-hydroxylation sites is 1. The van der Waals surface area contributed by atoms with E-state index in [-0.39, 0.29) is 12.5 Å². The quantitative estimate of drug-likeness (QED) is 0.718. The predicted molar refractivity (Wildman–Crippen MR) is 101 cm³/mol. The summed E-state index contributed by atoms with van der Waals surface area (Å²) in [6.07, 6.45) is 0.818. The van der Waals surface area contributed by atoms with E-state index in [9.17, 15) is 4.79 Å². The molecule has 5 nitrogen and oxygen atoms in total. The molecule has 0 aliphatic heterocycles. The summed E-state index contributed by atoms with van der Waals surface area (Å²) in [5.74, 6) is 0.231. The van der Waals surface area contributed by atoms with E-state index in [1.807, 2.05) is 36.4 Å². The van der Waals surface area contributed by atoms with Crippen LogP contribution in [0.5, 0.6) is 5.75 Å². The molecule has 0 aliphatic rings. The van der Waals surface area contributed by atoms with Crippen LogP contribution in [0.3, 0.4) is 0 Å². The van der Waals surface area contributed by atoms with Gasteiger partial charge >= 0.3 is 0 Å². The van der Waals surface area contributed by atoms with Crippen molar-refractivity contribution in [3.05, 3.63) is 77.7 Å². The maximum Gasteiger partial charge on any atom is 0.261 e. The molecule has 3 aromatic rings. The van der Waals surface area contributed by atoms with E-state index in [0.29, 0.717) is 10.8 Å². The molecule has 0 bridgehead atoms. The molecule has 1 unspecified atom stereocenters. The van der Waals surface area contributed by atoms with Gasteiger partial charge in [-0.2, -0.15) is 0 Å². The van der Waals surface area contributed by atoms with Crippen molar-refractivity contribution in [2.45, 2.75) is 19.6 Å². The Morgan fingerprint density at radius 1 is 1.12 bits per heavy atom. The van der Waals surface area contributed by atoms with Crippen molar-refractivity contribution in [2.75, 3.05) is 0 Å². The number of amides is 1. The molecule has 2 aromatic carbocycles. The van der Waals surface area contributed by atoms with Crippen LogP contribution in [0.2, 0.25) is 5.02 Å². The first-order valence-corrected chi connectivity index (χ1v) is 8.56. The summed E-state index contributed by atoms with van der Waals surface area (Å²) in [6.45, 7) is 1.96. The number of aromatic nitrogens is 2. The fourth-order valence-corrected chi connectivity index (χ4v) is 2.55. The van der Waals surface area contributed by atoms with Crippen molar-refractivity contribution in [1.29, 1.82) is 0 Å². The van der Waals surface area contributed by atoms with Crippen molar-refractivity contribution < 1.29 is 9.53 Å². The molecule has 0 fully saturated rings. The number of benzene rings is 2. The standard InChI is InChI=1S/C20H18ClN3O2/c1-14(26-19-10-6-5-9-17(19)21)20(25)22-12-16-11-18(24-13-23-16)15-7-3-2-4-8-15/h2-11,13-14H,12H2,1H3,(H,22,25). The minimum Gasteiger partial charge on any atom is -0.479 e. The van der Waals surface area contributed by atoms with Gasteiger partial charge in [-0.3, -0.25) is 4.79 Å². The number of halogens is 1. The zero-order valence-electron chi connectivity index (χ0n) is 14.2. The lowest BCUT2D eigenvalue weighted by atomic mass is 10.1. The van der Waals surface area contributed by atoms with Crippen LogP contribution in [0.1, 0.15) is 12.6 Å². The van der Waals surface area contributed by atoms with Gasteiger partial charge < -0.3 is 10.1 Å². The summed E-state index contributed by atoms with van der Waals surface area (Å²) in [5.41, 5.74) is 2.53. The molecule has 1 atom stereocenters. The summed E-state index contributed by atoms with van der Waals surface area (Å²) in [7, 11) is 0. The summed E-state index contributed by atoms with van der Waals surface area (Å²) >= 11 is 6.05. The maximum atomic E-state index is 12.3. The third kappa shape index (κ3) is 4.58. The number of carbonyl (C=O) groups excluding carboxylic acids is 1. The molecule has 0 saturated carbocycles. The van der Waals surface area contributed by atoms with Crippen molar-refractivity contribution >= 4 is 17.5 Å². The van der Waals surface area contributed by atoms with Gasteiger partial charge in [-0.05, 0) is 25.1 Å². The fraction of sp³-hybridized carbons (Fsp3) is 0.150. The molecule has 6 heteroatoms.